The topological polar surface area (TPSA) is 41.8 Å². The number of aryl methyl sites for hydroxylation is 1. The first-order chi connectivity index (χ1) is 11.4. The lowest BCUT2D eigenvalue weighted by Gasteiger charge is -2.31. The molecule has 0 saturated carbocycles. The Bertz CT molecular complexity index is 781. The number of quaternary nitrogens is 1. The molecule has 0 spiro atoms. The third-order valence-corrected chi connectivity index (χ3v) is 6.90. The summed E-state index contributed by atoms with van der Waals surface area (Å²) >= 11 is 3.34. The van der Waals surface area contributed by atoms with Crippen LogP contribution in [0.1, 0.15) is 11.1 Å². The maximum Gasteiger partial charge on any atom is 0.243 e. The first kappa shape index (κ1) is 17.6. The summed E-state index contributed by atoms with van der Waals surface area (Å²) < 4.78 is 27.9. The molecule has 2 aromatic rings. The van der Waals surface area contributed by atoms with E-state index >= 15 is 0 Å². The van der Waals surface area contributed by atoms with Crippen molar-refractivity contribution in [2.24, 2.45) is 0 Å². The number of hydrogen-bond acceptors (Lipinski definition) is 2. The highest BCUT2D eigenvalue weighted by Crippen LogP contribution is 2.18. The SMILES string of the molecule is Cc1ccc(C[NH+]2CCN(S(=O)(=O)c3ccc(Br)cc3)CC2)cc1. The largest absolute Gasteiger partial charge is 0.329 e. The summed E-state index contributed by atoms with van der Waals surface area (Å²) in [4.78, 5) is 1.80. The van der Waals surface area contributed by atoms with E-state index < -0.39 is 10.0 Å². The number of piperazine rings is 1. The van der Waals surface area contributed by atoms with Crippen molar-refractivity contribution in [3.63, 3.8) is 0 Å². The Morgan fingerprint density at radius 1 is 1.00 bits per heavy atom. The highest BCUT2D eigenvalue weighted by Gasteiger charge is 2.30. The smallest absolute Gasteiger partial charge is 0.243 e. The van der Waals surface area contributed by atoms with E-state index in [1.165, 1.54) is 16.0 Å². The fourth-order valence-corrected chi connectivity index (χ4v) is 4.68. The predicted molar refractivity (Wildman–Crippen MR) is 98.5 cm³/mol. The quantitative estimate of drug-likeness (QED) is 0.836. The summed E-state index contributed by atoms with van der Waals surface area (Å²) in [5, 5.41) is 0. The Balaban J connectivity index is 1.62. The molecule has 0 unspecified atom stereocenters. The van der Waals surface area contributed by atoms with Crippen LogP contribution in [0.5, 0.6) is 0 Å². The Morgan fingerprint density at radius 2 is 1.58 bits per heavy atom. The third kappa shape index (κ3) is 4.06. The minimum Gasteiger partial charge on any atom is -0.329 e. The molecule has 3 rings (SSSR count). The van der Waals surface area contributed by atoms with Crippen LogP contribution in [0.15, 0.2) is 57.9 Å². The van der Waals surface area contributed by atoms with E-state index in [1.54, 1.807) is 28.6 Å². The van der Waals surface area contributed by atoms with Crippen LogP contribution in [0.4, 0.5) is 0 Å². The molecule has 0 radical (unpaired) electrons. The van der Waals surface area contributed by atoms with Gasteiger partial charge in [0.05, 0.1) is 31.1 Å². The summed E-state index contributed by atoms with van der Waals surface area (Å²) in [6, 6.07) is 15.4. The minimum atomic E-state index is -3.38. The second kappa shape index (κ2) is 7.35. The summed E-state index contributed by atoms with van der Waals surface area (Å²) in [6.45, 7) is 5.85. The standard InChI is InChI=1S/C18H21BrN2O2S/c1-15-2-4-16(5-3-15)14-20-10-12-21(13-11-20)24(22,23)18-8-6-17(19)7-9-18/h2-9H,10-14H2,1H3/p+1. The molecular formula is C18H22BrN2O2S+. The van der Waals surface area contributed by atoms with Crippen LogP contribution < -0.4 is 4.90 Å². The molecule has 1 N–H and O–H groups in total. The maximum atomic E-state index is 12.7. The third-order valence-electron chi connectivity index (χ3n) is 4.46. The summed E-state index contributed by atoms with van der Waals surface area (Å²) in [7, 11) is -3.38. The van der Waals surface area contributed by atoms with Gasteiger partial charge in [0.2, 0.25) is 10.0 Å². The van der Waals surface area contributed by atoms with Crippen molar-refractivity contribution in [1.29, 1.82) is 0 Å². The van der Waals surface area contributed by atoms with Crippen LogP contribution in [0.25, 0.3) is 0 Å². The lowest BCUT2D eigenvalue weighted by atomic mass is 10.1. The van der Waals surface area contributed by atoms with Gasteiger partial charge in [-0.2, -0.15) is 4.31 Å². The molecule has 2 aromatic carbocycles. The number of rotatable bonds is 4. The zero-order chi connectivity index (χ0) is 17.2. The zero-order valence-electron chi connectivity index (χ0n) is 13.7. The predicted octanol–water partition coefficient (Wildman–Crippen LogP) is 1.85. The first-order valence-corrected chi connectivity index (χ1v) is 10.3. The fraction of sp³-hybridized carbons (Fsp3) is 0.333. The molecule has 0 amide bonds. The van der Waals surface area contributed by atoms with E-state index in [2.05, 4.69) is 47.1 Å². The Hall–Kier alpha value is -1.21. The molecule has 0 atom stereocenters. The molecule has 6 heteroatoms. The van der Waals surface area contributed by atoms with E-state index in [9.17, 15) is 8.42 Å². The van der Waals surface area contributed by atoms with Gasteiger partial charge in [0.25, 0.3) is 0 Å². The molecule has 128 valence electrons. The van der Waals surface area contributed by atoms with E-state index in [-0.39, 0.29) is 0 Å². The van der Waals surface area contributed by atoms with Crippen LogP contribution in [-0.2, 0) is 16.6 Å². The molecule has 1 aliphatic rings. The zero-order valence-corrected chi connectivity index (χ0v) is 16.1. The van der Waals surface area contributed by atoms with Gasteiger partial charge in [0, 0.05) is 10.0 Å². The Labute approximate surface area is 152 Å². The van der Waals surface area contributed by atoms with E-state index in [1.807, 2.05) is 0 Å². The number of nitrogens with one attached hydrogen (secondary N) is 1. The first-order valence-electron chi connectivity index (χ1n) is 8.10. The van der Waals surface area contributed by atoms with Crippen LogP contribution in [0.2, 0.25) is 0 Å². The van der Waals surface area contributed by atoms with Crippen molar-refractivity contribution in [2.45, 2.75) is 18.4 Å². The van der Waals surface area contributed by atoms with Crippen molar-refractivity contribution in [2.75, 3.05) is 26.2 Å². The summed E-state index contributed by atoms with van der Waals surface area (Å²) in [5.74, 6) is 0. The Kier molecular flexibility index (Phi) is 5.39. The molecule has 0 aromatic heterocycles. The van der Waals surface area contributed by atoms with E-state index in [0.717, 1.165) is 24.1 Å². The van der Waals surface area contributed by atoms with Gasteiger partial charge in [-0.1, -0.05) is 45.8 Å². The summed E-state index contributed by atoms with van der Waals surface area (Å²) in [6.07, 6.45) is 0. The Morgan fingerprint density at radius 3 is 2.17 bits per heavy atom. The van der Waals surface area contributed by atoms with Gasteiger partial charge in [-0.15, -0.1) is 0 Å². The number of nitrogens with zero attached hydrogens (tertiary/aromatic N) is 1. The fourth-order valence-electron chi connectivity index (χ4n) is 2.97. The van der Waals surface area contributed by atoms with Gasteiger partial charge >= 0.3 is 0 Å². The van der Waals surface area contributed by atoms with Crippen molar-refractivity contribution >= 4 is 26.0 Å². The van der Waals surface area contributed by atoms with Crippen molar-refractivity contribution < 1.29 is 13.3 Å². The van der Waals surface area contributed by atoms with Crippen molar-refractivity contribution in [3.05, 3.63) is 64.1 Å². The van der Waals surface area contributed by atoms with Crippen LogP contribution >= 0.6 is 15.9 Å². The minimum absolute atomic E-state index is 0.368. The molecular weight excluding hydrogens is 388 g/mol. The molecule has 1 fully saturated rings. The molecule has 4 nitrogen and oxygen atoms in total. The molecule has 1 heterocycles. The number of halogens is 1. The van der Waals surface area contributed by atoms with Gasteiger partial charge in [-0.25, -0.2) is 8.42 Å². The summed E-state index contributed by atoms with van der Waals surface area (Å²) in [5.41, 5.74) is 2.57. The molecule has 0 aliphatic carbocycles. The lowest BCUT2D eigenvalue weighted by molar-refractivity contribution is -0.917. The molecule has 1 aliphatic heterocycles. The molecule has 0 bridgehead atoms. The average Bonchev–Trinajstić information content (AvgIpc) is 2.58. The monoisotopic (exact) mass is 409 g/mol. The highest BCUT2D eigenvalue weighted by atomic mass is 79.9. The number of benzene rings is 2. The van der Waals surface area contributed by atoms with Gasteiger partial charge < -0.3 is 4.90 Å². The van der Waals surface area contributed by atoms with Crippen LogP contribution in [0, 0.1) is 6.92 Å². The van der Waals surface area contributed by atoms with Gasteiger partial charge in [-0.3, -0.25) is 0 Å². The number of hydrogen-bond donors (Lipinski definition) is 1. The van der Waals surface area contributed by atoms with E-state index in [4.69, 9.17) is 0 Å². The maximum absolute atomic E-state index is 12.7. The normalized spacial score (nSPS) is 17.1. The van der Waals surface area contributed by atoms with Gasteiger partial charge in [-0.05, 0) is 31.2 Å². The highest BCUT2D eigenvalue weighted by molar-refractivity contribution is 9.10. The van der Waals surface area contributed by atoms with Crippen LogP contribution in [-0.4, -0.2) is 38.9 Å². The molecule has 24 heavy (non-hydrogen) atoms. The second-order valence-corrected chi connectivity index (χ2v) is 9.12. The van der Waals surface area contributed by atoms with Crippen molar-refractivity contribution in [3.8, 4) is 0 Å². The average molecular weight is 410 g/mol. The van der Waals surface area contributed by atoms with Gasteiger partial charge in [0.1, 0.15) is 6.54 Å². The van der Waals surface area contributed by atoms with E-state index in [0.29, 0.717) is 18.0 Å². The number of sulfonamides is 1. The molecule has 1 saturated heterocycles. The van der Waals surface area contributed by atoms with Crippen LogP contribution in [0.3, 0.4) is 0 Å². The lowest BCUT2D eigenvalue weighted by Crippen LogP contribution is -3.13. The van der Waals surface area contributed by atoms with Gasteiger partial charge in [0.15, 0.2) is 0 Å². The van der Waals surface area contributed by atoms with Crippen molar-refractivity contribution in [1.82, 2.24) is 4.31 Å². The second-order valence-electron chi connectivity index (χ2n) is 6.27.